The summed E-state index contributed by atoms with van der Waals surface area (Å²) in [6.45, 7) is 4.05. The fourth-order valence-corrected chi connectivity index (χ4v) is 3.55. The van der Waals surface area contributed by atoms with Gasteiger partial charge in [0.25, 0.3) is 0 Å². The molecule has 0 bridgehead atoms. The molecule has 0 unspecified atom stereocenters. The van der Waals surface area contributed by atoms with Gasteiger partial charge in [-0.2, -0.15) is 0 Å². The molecule has 0 fully saturated rings. The molecular weight excluding hydrogens is 316 g/mol. The fourth-order valence-electron chi connectivity index (χ4n) is 2.48. The third-order valence-electron chi connectivity index (χ3n) is 4.06. The highest BCUT2D eigenvalue weighted by atomic mass is 32.1. The second kappa shape index (κ2) is 6.97. The van der Waals surface area contributed by atoms with Gasteiger partial charge < -0.3 is 4.90 Å². The number of carbonyl (C=O) groups is 1. The first-order valence-corrected chi connectivity index (χ1v) is 8.73. The Hall–Kier alpha value is -2.46. The Morgan fingerprint density at radius 1 is 1.21 bits per heavy atom. The number of para-hydroxylation sites is 1. The van der Waals surface area contributed by atoms with Gasteiger partial charge in [-0.05, 0) is 37.6 Å². The summed E-state index contributed by atoms with van der Waals surface area (Å²) in [4.78, 5) is 18.8. The summed E-state index contributed by atoms with van der Waals surface area (Å²) < 4.78 is 1.15. The van der Waals surface area contributed by atoms with E-state index in [1.165, 1.54) is 5.56 Å². The summed E-state index contributed by atoms with van der Waals surface area (Å²) in [6, 6.07) is 16.1. The molecule has 1 aromatic heterocycles. The first-order valence-electron chi connectivity index (χ1n) is 7.91. The van der Waals surface area contributed by atoms with Crippen molar-refractivity contribution in [3.8, 4) is 0 Å². The smallest absolute Gasteiger partial charge is 0.246 e. The molecule has 2 aromatic carbocycles. The maximum Gasteiger partial charge on any atom is 0.246 e. The van der Waals surface area contributed by atoms with Crippen molar-refractivity contribution in [2.24, 2.45) is 0 Å². The van der Waals surface area contributed by atoms with Crippen molar-refractivity contribution in [1.82, 2.24) is 9.88 Å². The quantitative estimate of drug-likeness (QED) is 0.639. The Bertz CT molecular complexity index is 864. The zero-order chi connectivity index (χ0) is 17.1. The molecule has 4 heteroatoms. The van der Waals surface area contributed by atoms with Gasteiger partial charge in [0.1, 0.15) is 5.01 Å². The van der Waals surface area contributed by atoms with Crippen LogP contribution in [0.4, 0.5) is 0 Å². The number of rotatable bonds is 4. The number of aromatic nitrogens is 1. The number of likely N-dealkylation sites (N-methyl/N-ethyl adjacent to an activating group) is 1. The number of amides is 1. The number of carbonyl (C=O) groups excluding carboxylic acids is 1. The van der Waals surface area contributed by atoms with Gasteiger partial charge in [0, 0.05) is 13.1 Å². The molecule has 24 heavy (non-hydrogen) atoms. The molecule has 1 amide bonds. The first kappa shape index (κ1) is 16.4. The molecule has 0 saturated carbocycles. The van der Waals surface area contributed by atoms with Crippen LogP contribution in [0.1, 0.15) is 29.1 Å². The van der Waals surface area contributed by atoms with Gasteiger partial charge in [-0.3, -0.25) is 4.79 Å². The molecule has 0 spiro atoms. The van der Waals surface area contributed by atoms with Gasteiger partial charge in [-0.1, -0.05) is 42.0 Å². The highest BCUT2D eigenvalue weighted by Crippen LogP contribution is 2.28. The van der Waals surface area contributed by atoms with Gasteiger partial charge in [0.15, 0.2) is 0 Å². The Morgan fingerprint density at radius 3 is 2.75 bits per heavy atom. The molecule has 1 heterocycles. The van der Waals surface area contributed by atoms with E-state index in [1.807, 2.05) is 63.4 Å². The van der Waals surface area contributed by atoms with Gasteiger partial charge in [-0.25, -0.2) is 4.98 Å². The number of hydrogen-bond acceptors (Lipinski definition) is 3. The molecule has 0 saturated heterocycles. The summed E-state index contributed by atoms with van der Waals surface area (Å²) in [5.41, 5.74) is 3.20. The van der Waals surface area contributed by atoms with Crippen LogP contribution in [0, 0.1) is 6.92 Å². The van der Waals surface area contributed by atoms with E-state index in [2.05, 4.69) is 17.1 Å². The van der Waals surface area contributed by atoms with Crippen molar-refractivity contribution in [3.05, 3.63) is 70.7 Å². The standard InChI is InChI=1S/C20H20N2OS/c1-14-7-6-8-16(13-14)11-12-19(23)22(3)15(2)20-21-17-9-4-5-10-18(17)24-20/h4-13,15H,1-3H3/b12-11+/t15-/m0/s1. The zero-order valence-electron chi connectivity index (χ0n) is 14.1. The number of thiazole rings is 1. The zero-order valence-corrected chi connectivity index (χ0v) is 14.9. The van der Waals surface area contributed by atoms with E-state index in [-0.39, 0.29) is 11.9 Å². The predicted octanol–water partition coefficient (Wildman–Crippen LogP) is 4.84. The third kappa shape index (κ3) is 3.54. The van der Waals surface area contributed by atoms with E-state index in [1.54, 1.807) is 22.3 Å². The maximum absolute atomic E-state index is 12.4. The van der Waals surface area contributed by atoms with Gasteiger partial charge in [0.2, 0.25) is 5.91 Å². The lowest BCUT2D eigenvalue weighted by Gasteiger charge is -2.21. The van der Waals surface area contributed by atoms with Crippen molar-refractivity contribution >= 4 is 33.5 Å². The second-order valence-corrected chi connectivity index (χ2v) is 6.95. The summed E-state index contributed by atoms with van der Waals surface area (Å²) in [5.74, 6) is -0.0248. The molecular formula is C20H20N2OS. The van der Waals surface area contributed by atoms with Gasteiger partial charge in [-0.15, -0.1) is 11.3 Å². The number of aryl methyl sites for hydroxylation is 1. The fraction of sp³-hybridized carbons (Fsp3) is 0.200. The molecule has 0 radical (unpaired) electrons. The van der Waals surface area contributed by atoms with Crippen LogP contribution in [0.2, 0.25) is 0 Å². The molecule has 122 valence electrons. The summed E-state index contributed by atoms with van der Waals surface area (Å²) in [6.07, 6.45) is 3.48. The van der Waals surface area contributed by atoms with E-state index < -0.39 is 0 Å². The number of hydrogen-bond donors (Lipinski definition) is 0. The van der Waals surface area contributed by atoms with Crippen molar-refractivity contribution < 1.29 is 4.79 Å². The van der Waals surface area contributed by atoms with Crippen LogP contribution in [-0.2, 0) is 4.79 Å². The van der Waals surface area contributed by atoms with E-state index >= 15 is 0 Å². The highest BCUT2D eigenvalue weighted by molar-refractivity contribution is 7.18. The third-order valence-corrected chi connectivity index (χ3v) is 5.26. The van der Waals surface area contributed by atoms with Crippen LogP contribution in [0.25, 0.3) is 16.3 Å². The lowest BCUT2D eigenvalue weighted by Crippen LogP contribution is -2.27. The average molecular weight is 336 g/mol. The molecule has 0 aliphatic carbocycles. The largest absolute Gasteiger partial charge is 0.333 e. The molecule has 3 nitrogen and oxygen atoms in total. The normalized spacial score (nSPS) is 12.6. The first-order chi connectivity index (χ1) is 11.5. The molecule has 0 aliphatic rings. The molecule has 3 aromatic rings. The van der Waals surface area contributed by atoms with Crippen LogP contribution >= 0.6 is 11.3 Å². The SMILES string of the molecule is Cc1cccc(/C=C/C(=O)N(C)[C@@H](C)c2nc3ccccc3s2)c1. The Labute approximate surface area is 146 Å². The van der Waals surface area contributed by atoms with E-state index in [0.717, 1.165) is 20.8 Å². The monoisotopic (exact) mass is 336 g/mol. The Balaban J connectivity index is 1.74. The number of fused-ring (bicyclic) bond motifs is 1. The van der Waals surface area contributed by atoms with Crippen molar-refractivity contribution in [3.63, 3.8) is 0 Å². The van der Waals surface area contributed by atoms with Crippen LogP contribution in [0.5, 0.6) is 0 Å². The van der Waals surface area contributed by atoms with Crippen LogP contribution in [-0.4, -0.2) is 22.8 Å². The Kier molecular flexibility index (Phi) is 4.76. The maximum atomic E-state index is 12.4. The lowest BCUT2D eigenvalue weighted by atomic mass is 10.1. The van der Waals surface area contributed by atoms with E-state index in [0.29, 0.717) is 0 Å². The topological polar surface area (TPSA) is 33.2 Å². The molecule has 0 N–H and O–H groups in total. The van der Waals surface area contributed by atoms with Crippen molar-refractivity contribution in [2.45, 2.75) is 19.9 Å². The minimum Gasteiger partial charge on any atom is -0.333 e. The predicted molar refractivity (Wildman–Crippen MR) is 101 cm³/mol. The van der Waals surface area contributed by atoms with Crippen molar-refractivity contribution in [2.75, 3.05) is 7.05 Å². The molecule has 3 rings (SSSR count). The second-order valence-electron chi connectivity index (χ2n) is 5.89. The summed E-state index contributed by atoms with van der Waals surface area (Å²) in [7, 11) is 1.82. The van der Waals surface area contributed by atoms with Crippen molar-refractivity contribution in [1.29, 1.82) is 0 Å². The molecule has 0 aliphatic heterocycles. The lowest BCUT2D eigenvalue weighted by molar-refractivity contribution is -0.126. The molecule has 1 atom stereocenters. The summed E-state index contributed by atoms with van der Waals surface area (Å²) in [5, 5.41) is 0.955. The minimum atomic E-state index is -0.0583. The average Bonchev–Trinajstić information content (AvgIpc) is 3.02. The van der Waals surface area contributed by atoms with Gasteiger partial charge >= 0.3 is 0 Å². The Morgan fingerprint density at radius 2 is 2.00 bits per heavy atom. The van der Waals surface area contributed by atoms with Crippen LogP contribution < -0.4 is 0 Å². The van der Waals surface area contributed by atoms with E-state index in [9.17, 15) is 4.79 Å². The number of benzene rings is 2. The summed E-state index contributed by atoms with van der Waals surface area (Å²) >= 11 is 1.64. The van der Waals surface area contributed by atoms with Crippen LogP contribution in [0.15, 0.2) is 54.6 Å². The van der Waals surface area contributed by atoms with Crippen LogP contribution in [0.3, 0.4) is 0 Å². The minimum absolute atomic E-state index is 0.0248. The van der Waals surface area contributed by atoms with Gasteiger partial charge in [0.05, 0.1) is 16.3 Å². The highest BCUT2D eigenvalue weighted by Gasteiger charge is 2.19. The number of nitrogens with zero attached hydrogens (tertiary/aromatic N) is 2. The van der Waals surface area contributed by atoms with E-state index in [4.69, 9.17) is 0 Å².